The lowest BCUT2D eigenvalue weighted by Crippen LogP contribution is -2.35. The van der Waals surface area contributed by atoms with Crippen LogP contribution in [0.2, 0.25) is 0 Å². The molecule has 0 aliphatic carbocycles. The van der Waals surface area contributed by atoms with Gasteiger partial charge < -0.3 is 9.52 Å². The Kier molecular flexibility index (Phi) is 4.14. The van der Waals surface area contributed by atoms with Crippen LogP contribution in [0.15, 0.2) is 74.0 Å². The molecule has 0 fully saturated rings. The van der Waals surface area contributed by atoms with Gasteiger partial charge in [-0.2, -0.15) is 0 Å². The number of hydrogen-bond acceptors (Lipinski definition) is 5. The van der Waals surface area contributed by atoms with E-state index in [1.807, 2.05) is 47.8 Å². The number of fused-ring (bicyclic) bond motifs is 2. The monoisotopic (exact) mass is 418 g/mol. The van der Waals surface area contributed by atoms with Gasteiger partial charge in [0, 0.05) is 10.9 Å². The molecule has 30 heavy (non-hydrogen) atoms. The number of hydrogen-bond donors (Lipinski definition) is 2. The molecule has 2 N–H and O–H groups in total. The molecule has 0 bridgehead atoms. The molecule has 148 valence electrons. The fourth-order valence-electron chi connectivity index (χ4n) is 3.50. The van der Waals surface area contributed by atoms with Crippen LogP contribution in [0.3, 0.4) is 0 Å². The quantitative estimate of drug-likeness (QED) is 0.460. The van der Waals surface area contributed by atoms with E-state index in [0.717, 1.165) is 26.5 Å². The summed E-state index contributed by atoms with van der Waals surface area (Å²) in [7, 11) is 0. The number of carbonyl (C=O) groups is 1. The maximum atomic E-state index is 13.2. The Bertz CT molecular complexity index is 1550. The second-order valence-corrected chi connectivity index (χ2v) is 7.69. The minimum absolute atomic E-state index is 0.162. The molecule has 2 aromatic carbocycles. The van der Waals surface area contributed by atoms with Crippen LogP contribution in [0.25, 0.3) is 32.1 Å². The molecule has 0 amide bonds. The van der Waals surface area contributed by atoms with Gasteiger partial charge in [-0.15, -0.1) is 11.3 Å². The largest absolute Gasteiger partial charge is 0.475 e. The molecule has 3 aromatic heterocycles. The van der Waals surface area contributed by atoms with E-state index < -0.39 is 17.2 Å². The van der Waals surface area contributed by atoms with E-state index in [0.29, 0.717) is 10.2 Å². The Hall–Kier alpha value is -3.91. The van der Waals surface area contributed by atoms with E-state index in [1.54, 1.807) is 0 Å². The van der Waals surface area contributed by atoms with Gasteiger partial charge in [-0.25, -0.2) is 9.59 Å². The molecular weight excluding hydrogens is 404 g/mol. The zero-order valence-electron chi connectivity index (χ0n) is 15.4. The molecule has 3 heterocycles. The lowest BCUT2D eigenvalue weighted by molar-refractivity contribution is 0.0660. The number of furan rings is 1. The molecule has 0 saturated carbocycles. The minimum atomic E-state index is -1.21. The highest BCUT2D eigenvalue weighted by Gasteiger charge is 2.17. The lowest BCUT2D eigenvalue weighted by Gasteiger charge is -2.05. The number of nitrogens with zero attached hydrogens (tertiary/aromatic N) is 1. The molecule has 0 aliphatic heterocycles. The summed E-state index contributed by atoms with van der Waals surface area (Å²) in [4.78, 5) is 39.9. The predicted molar refractivity (Wildman–Crippen MR) is 114 cm³/mol. The standard InChI is InChI=1S/C22H14N2O5S/c25-20-18-16(14-6-5-12-3-1-2-4-13(12)9-14)11-30-19(18)23-22(28)24(20)10-15-7-8-17(29-15)21(26)27/h1-9,11H,10H2,(H,23,28)(H,26,27). The van der Waals surface area contributed by atoms with Gasteiger partial charge in [0.2, 0.25) is 5.76 Å². The molecule has 7 nitrogen and oxygen atoms in total. The Balaban J connectivity index is 1.66. The summed E-state index contributed by atoms with van der Waals surface area (Å²) in [5.74, 6) is -1.25. The van der Waals surface area contributed by atoms with Crippen molar-refractivity contribution in [2.75, 3.05) is 0 Å². The average Bonchev–Trinajstić information content (AvgIpc) is 3.38. The van der Waals surface area contributed by atoms with Crippen molar-refractivity contribution in [3.05, 3.63) is 92.3 Å². The third kappa shape index (κ3) is 2.94. The van der Waals surface area contributed by atoms with Crippen LogP contribution in [0.1, 0.15) is 16.3 Å². The zero-order valence-corrected chi connectivity index (χ0v) is 16.2. The fourth-order valence-corrected chi connectivity index (χ4v) is 4.45. The molecular formula is C22H14N2O5S. The van der Waals surface area contributed by atoms with Crippen LogP contribution >= 0.6 is 11.3 Å². The highest BCUT2D eigenvalue weighted by molar-refractivity contribution is 7.17. The van der Waals surface area contributed by atoms with Gasteiger partial charge in [-0.05, 0) is 34.5 Å². The molecule has 8 heteroatoms. The average molecular weight is 418 g/mol. The van der Waals surface area contributed by atoms with Gasteiger partial charge in [-0.3, -0.25) is 14.3 Å². The summed E-state index contributed by atoms with van der Waals surface area (Å²) in [5, 5.41) is 13.4. The van der Waals surface area contributed by atoms with Crippen molar-refractivity contribution in [3.8, 4) is 11.1 Å². The van der Waals surface area contributed by atoms with Gasteiger partial charge in [0.25, 0.3) is 5.56 Å². The summed E-state index contributed by atoms with van der Waals surface area (Å²) < 4.78 is 6.22. The number of H-pyrrole nitrogens is 1. The van der Waals surface area contributed by atoms with Crippen molar-refractivity contribution in [2.24, 2.45) is 0 Å². The highest BCUT2D eigenvalue weighted by atomic mass is 32.1. The zero-order chi connectivity index (χ0) is 20.8. The molecule has 0 spiro atoms. The maximum Gasteiger partial charge on any atom is 0.371 e. The molecule has 0 radical (unpaired) electrons. The molecule has 0 aliphatic rings. The lowest BCUT2D eigenvalue weighted by atomic mass is 10.0. The van der Waals surface area contributed by atoms with Gasteiger partial charge in [0.05, 0.1) is 11.9 Å². The number of benzene rings is 2. The predicted octanol–water partition coefficient (Wildman–Crippen LogP) is 3.91. The van der Waals surface area contributed by atoms with E-state index in [2.05, 4.69) is 4.98 Å². The maximum absolute atomic E-state index is 13.2. The summed E-state index contributed by atoms with van der Waals surface area (Å²) in [6.07, 6.45) is 0. The number of aromatic nitrogens is 2. The fraction of sp³-hybridized carbons (Fsp3) is 0.0455. The SMILES string of the molecule is O=C(O)c1ccc(Cn2c(=O)[nH]c3scc(-c4ccc5ccccc5c4)c3c2=O)o1. The van der Waals surface area contributed by atoms with E-state index >= 15 is 0 Å². The number of thiophene rings is 1. The van der Waals surface area contributed by atoms with Crippen molar-refractivity contribution < 1.29 is 14.3 Å². The number of carboxylic acid groups (broad SMARTS) is 1. The van der Waals surface area contributed by atoms with E-state index in [-0.39, 0.29) is 18.1 Å². The van der Waals surface area contributed by atoms with Gasteiger partial charge in [-0.1, -0.05) is 36.4 Å². The number of carboxylic acids is 1. The number of aromatic amines is 1. The van der Waals surface area contributed by atoms with Crippen molar-refractivity contribution in [1.29, 1.82) is 0 Å². The van der Waals surface area contributed by atoms with Crippen LogP contribution < -0.4 is 11.2 Å². The molecule has 5 rings (SSSR count). The summed E-state index contributed by atoms with van der Waals surface area (Å²) in [6, 6.07) is 16.6. The Morgan fingerprint density at radius 1 is 1.07 bits per heavy atom. The van der Waals surface area contributed by atoms with Crippen LogP contribution in [0, 0.1) is 0 Å². The molecule has 5 aromatic rings. The third-order valence-corrected chi connectivity index (χ3v) is 5.86. The van der Waals surface area contributed by atoms with Crippen LogP contribution in [0.4, 0.5) is 0 Å². The minimum Gasteiger partial charge on any atom is -0.475 e. The second-order valence-electron chi connectivity index (χ2n) is 6.81. The van der Waals surface area contributed by atoms with Crippen LogP contribution in [0.5, 0.6) is 0 Å². The first-order valence-corrected chi connectivity index (χ1v) is 9.95. The Morgan fingerprint density at radius 3 is 2.63 bits per heavy atom. The van der Waals surface area contributed by atoms with E-state index in [9.17, 15) is 14.4 Å². The summed E-state index contributed by atoms with van der Waals surface area (Å²) in [5.41, 5.74) is 0.586. The van der Waals surface area contributed by atoms with Gasteiger partial charge in [0.1, 0.15) is 10.6 Å². The van der Waals surface area contributed by atoms with E-state index in [4.69, 9.17) is 9.52 Å². The smallest absolute Gasteiger partial charge is 0.371 e. The third-order valence-electron chi connectivity index (χ3n) is 4.96. The Labute approximate surface area is 172 Å². The van der Waals surface area contributed by atoms with Crippen molar-refractivity contribution in [1.82, 2.24) is 9.55 Å². The topological polar surface area (TPSA) is 105 Å². The van der Waals surface area contributed by atoms with Crippen LogP contribution in [-0.2, 0) is 6.54 Å². The normalized spacial score (nSPS) is 11.3. The van der Waals surface area contributed by atoms with Gasteiger partial charge >= 0.3 is 11.7 Å². The van der Waals surface area contributed by atoms with Gasteiger partial charge in [0.15, 0.2) is 0 Å². The molecule has 0 saturated heterocycles. The van der Waals surface area contributed by atoms with Crippen molar-refractivity contribution in [3.63, 3.8) is 0 Å². The van der Waals surface area contributed by atoms with E-state index in [1.165, 1.54) is 23.5 Å². The summed E-state index contributed by atoms with van der Waals surface area (Å²) in [6.45, 7) is -0.162. The van der Waals surface area contributed by atoms with Crippen LogP contribution in [-0.4, -0.2) is 20.6 Å². The molecule has 0 unspecified atom stereocenters. The number of rotatable bonds is 4. The second kappa shape index (κ2) is 6.85. The highest BCUT2D eigenvalue weighted by Crippen LogP contribution is 2.32. The number of aromatic carboxylic acids is 1. The number of nitrogens with one attached hydrogen (secondary N) is 1. The Morgan fingerprint density at radius 2 is 1.87 bits per heavy atom. The first-order chi connectivity index (χ1) is 14.5. The summed E-state index contributed by atoms with van der Waals surface area (Å²) >= 11 is 1.30. The first-order valence-electron chi connectivity index (χ1n) is 9.07. The van der Waals surface area contributed by atoms with Crippen molar-refractivity contribution in [2.45, 2.75) is 6.54 Å². The van der Waals surface area contributed by atoms with Crippen molar-refractivity contribution >= 4 is 38.3 Å². The molecule has 0 atom stereocenters. The first kappa shape index (κ1) is 18.1.